The third-order valence-electron chi connectivity index (χ3n) is 3.53. The fraction of sp³-hybridized carbons (Fsp3) is 0.429. The van der Waals surface area contributed by atoms with Gasteiger partial charge in [-0.3, -0.25) is 4.98 Å². The van der Waals surface area contributed by atoms with Gasteiger partial charge in [-0.2, -0.15) is 0 Å². The zero-order valence-electron chi connectivity index (χ0n) is 10.7. The number of hydrogen-bond donors (Lipinski definition) is 2. The van der Waals surface area contributed by atoms with Crippen molar-refractivity contribution >= 4 is 11.3 Å². The van der Waals surface area contributed by atoms with Crippen LogP contribution in [0.25, 0.3) is 10.7 Å². The molecule has 2 heterocycles. The summed E-state index contributed by atoms with van der Waals surface area (Å²) in [6.45, 7) is 1.92. The number of nitrogens with zero attached hydrogens (tertiary/aromatic N) is 2. The van der Waals surface area contributed by atoms with Crippen molar-refractivity contribution in [2.45, 2.75) is 19.4 Å². The summed E-state index contributed by atoms with van der Waals surface area (Å²) in [5.74, 6) is 0. The molecule has 0 aromatic carbocycles. The number of hydrogen-bond acceptors (Lipinski definition) is 5. The number of rotatable bonds is 6. The van der Waals surface area contributed by atoms with Gasteiger partial charge >= 0.3 is 0 Å². The standard InChI is InChI=1S/C14H17N3OS/c18-10-14(4-5-14)9-15-7-11-8-19-13(17-11)12-3-1-2-6-16-12/h1-3,6,8,15,18H,4-5,7,9-10H2. The zero-order valence-corrected chi connectivity index (χ0v) is 11.5. The second-order valence-electron chi connectivity index (χ2n) is 5.12. The van der Waals surface area contributed by atoms with Crippen molar-refractivity contribution in [3.8, 4) is 10.7 Å². The fourth-order valence-corrected chi connectivity index (χ4v) is 2.81. The largest absolute Gasteiger partial charge is 0.396 e. The Bertz CT molecular complexity index is 537. The molecule has 0 amide bonds. The highest BCUT2D eigenvalue weighted by molar-refractivity contribution is 7.13. The van der Waals surface area contributed by atoms with Crippen LogP contribution < -0.4 is 5.32 Å². The van der Waals surface area contributed by atoms with Crippen LogP contribution >= 0.6 is 11.3 Å². The van der Waals surface area contributed by atoms with Crippen LogP contribution in [0.5, 0.6) is 0 Å². The van der Waals surface area contributed by atoms with Crippen molar-refractivity contribution in [3.05, 3.63) is 35.5 Å². The summed E-state index contributed by atoms with van der Waals surface area (Å²) in [5.41, 5.74) is 2.12. The molecule has 2 aromatic heterocycles. The van der Waals surface area contributed by atoms with Crippen LogP contribution in [0.3, 0.4) is 0 Å². The molecular weight excluding hydrogens is 258 g/mol. The van der Waals surface area contributed by atoms with Gasteiger partial charge in [0, 0.05) is 36.7 Å². The lowest BCUT2D eigenvalue weighted by Gasteiger charge is -2.11. The molecule has 100 valence electrons. The number of aliphatic hydroxyl groups excluding tert-OH is 1. The molecule has 1 fully saturated rings. The normalized spacial score (nSPS) is 16.5. The van der Waals surface area contributed by atoms with Gasteiger partial charge in [0.05, 0.1) is 11.4 Å². The van der Waals surface area contributed by atoms with E-state index < -0.39 is 0 Å². The summed E-state index contributed by atoms with van der Waals surface area (Å²) in [7, 11) is 0. The van der Waals surface area contributed by atoms with Crippen LogP contribution in [0.2, 0.25) is 0 Å². The SMILES string of the molecule is OCC1(CNCc2csc(-c3ccccn3)n2)CC1. The summed E-state index contributed by atoms with van der Waals surface area (Å²) in [4.78, 5) is 8.88. The van der Waals surface area contributed by atoms with E-state index in [0.717, 1.165) is 42.3 Å². The molecule has 0 saturated heterocycles. The van der Waals surface area contributed by atoms with Crippen molar-refractivity contribution in [3.63, 3.8) is 0 Å². The van der Waals surface area contributed by atoms with Crippen LogP contribution in [0.1, 0.15) is 18.5 Å². The number of pyridine rings is 1. The monoisotopic (exact) mass is 275 g/mol. The van der Waals surface area contributed by atoms with Crippen LogP contribution in [0.4, 0.5) is 0 Å². The Morgan fingerprint density at radius 3 is 2.95 bits per heavy atom. The number of thiazole rings is 1. The molecule has 0 spiro atoms. The van der Waals surface area contributed by atoms with Gasteiger partial charge in [0.1, 0.15) is 5.01 Å². The molecule has 0 radical (unpaired) electrons. The van der Waals surface area contributed by atoms with Gasteiger partial charge in [-0.15, -0.1) is 11.3 Å². The first kappa shape index (κ1) is 12.7. The molecule has 0 unspecified atom stereocenters. The lowest BCUT2D eigenvalue weighted by Crippen LogP contribution is -2.26. The summed E-state index contributed by atoms with van der Waals surface area (Å²) in [6, 6.07) is 5.85. The van der Waals surface area contributed by atoms with Crippen LogP contribution in [0, 0.1) is 5.41 Å². The molecule has 3 rings (SSSR count). The molecule has 1 aliphatic rings. The Morgan fingerprint density at radius 2 is 2.26 bits per heavy atom. The highest BCUT2D eigenvalue weighted by atomic mass is 32.1. The van der Waals surface area contributed by atoms with E-state index >= 15 is 0 Å². The second-order valence-corrected chi connectivity index (χ2v) is 5.98. The topological polar surface area (TPSA) is 58.0 Å². The molecule has 2 N–H and O–H groups in total. The van der Waals surface area contributed by atoms with Gasteiger partial charge in [-0.25, -0.2) is 4.98 Å². The third-order valence-corrected chi connectivity index (χ3v) is 4.45. The first-order valence-electron chi connectivity index (χ1n) is 6.49. The van der Waals surface area contributed by atoms with E-state index in [2.05, 4.69) is 20.7 Å². The van der Waals surface area contributed by atoms with Gasteiger partial charge in [-0.1, -0.05) is 6.07 Å². The zero-order chi connectivity index (χ0) is 13.1. The van der Waals surface area contributed by atoms with Crippen LogP contribution in [0.15, 0.2) is 29.8 Å². The molecule has 0 aliphatic heterocycles. The van der Waals surface area contributed by atoms with Gasteiger partial charge in [-0.05, 0) is 25.0 Å². The minimum atomic E-state index is 0.153. The Hall–Kier alpha value is -1.30. The highest BCUT2D eigenvalue weighted by Gasteiger charge is 2.41. The molecule has 2 aromatic rings. The molecule has 0 atom stereocenters. The molecule has 5 heteroatoms. The van der Waals surface area contributed by atoms with Crippen molar-refractivity contribution in [1.29, 1.82) is 0 Å². The maximum atomic E-state index is 9.24. The van der Waals surface area contributed by atoms with Gasteiger partial charge in [0.2, 0.25) is 0 Å². The van der Waals surface area contributed by atoms with Gasteiger partial charge in [0.15, 0.2) is 0 Å². The third kappa shape index (κ3) is 3.00. The van der Waals surface area contributed by atoms with Crippen molar-refractivity contribution in [2.24, 2.45) is 5.41 Å². The van der Waals surface area contributed by atoms with Crippen LogP contribution in [-0.2, 0) is 6.54 Å². The van der Waals surface area contributed by atoms with E-state index in [-0.39, 0.29) is 12.0 Å². The smallest absolute Gasteiger partial charge is 0.142 e. The fourth-order valence-electron chi connectivity index (χ4n) is 2.02. The lowest BCUT2D eigenvalue weighted by molar-refractivity contribution is 0.207. The average molecular weight is 275 g/mol. The van der Waals surface area contributed by atoms with E-state index in [4.69, 9.17) is 0 Å². The molecule has 1 saturated carbocycles. The Morgan fingerprint density at radius 1 is 1.37 bits per heavy atom. The van der Waals surface area contributed by atoms with Crippen molar-refractivity contribution < 1.29 is 5.11 Å². The van der Waals surface area contributed by atoms with Crippen molar-refractivity contribution in [2.75, 3.05) is 13.2 Å². The quantitative estimate of drug-likeness (QED) is 0.847. The molecule has 19 heavy (non-hydrogen) atoms. The molecule has 4 nitrogen and oxygen atoms in total. The van der Waals surface area contributed by atoms with Gasteiger partial charge in [0.25, 0.3) is 0 Å². The Labute approximate surface area is 116 Å². The molecule has 1 aliphatic carbocycles. The predicted octanol–water partition coefficient (Wildman–Crippen LogP) is 2.07. The number of nitrogens with one attached hydrogen (secondary N) is 1. The highest BCUT2D eigenvalue weighted by Crippen LogP contribution is 2.44. The maximum Gasteiger partial charge on any atom is 0.142 e. The summed E-state index contributed by atoms with van der Waals surface area (Å²) < 4.78 is 0. The van der Waals surface area contributed by atoms with E-state index in [1.807, 2.05) is 18.2 Å². The van der Waals surface area contributed by atoms with Crippen LogP contribution in [-0.4, -0.2) is 28.2 Å². The minimum Gasteiger partial charge on any atom is -0.396 e. The lowest BCUT2D eigenvalue weighted by atomic mass is 10.1. The second kappa shape index (κ2) is 5.36. The van der Waals surface area contributed by atoms with E-state index in [1.54, 1.807) is 17.5 Å². The first-order chi connectivity index (χ1) is 9.31. The Kier molecular flexibility index (Phi) is 3.59. The van der Waals surface area contributed by atoms with E-state index in [1.165, 1.54) is 0 Å². The predicted molar refractivity (Wildman–Crippen MR) is 75.8 cm³/mol. The van der Waals surface area contributed by atoms with Crippen molar-refractivity contribution in [1.82, 2.24) is 15.3 Å². The Balaban J connectivity index is 1.57. The minimum absolute atomic E-state index is 0.153. The first-order valence-corrected chi connectivity index (χ1v) is 7.37. The van der Waals surface area contributed by atoms with Gasteiger partial charge < -0.3 is 10.4 Å². The molecular formula is C14H17N3OS. The maximum absolute atomic E-state index is 9.24. The summed E-state index contributed by atoms with van der Waals surface area (Å²) in [6.07, 6.45) is 4.05. The number of aliphatic hydroxyl groups is 1. The average Bonchev–Trinajstić information content (AvgIpc) is 3.09. The van der Waals surface area contributed by atoms with E-state index in [0.29, 0.717) is 0 Å². The van der Waals surface area contributed by atoms with E-state index in [9.17, 15) is 5.11 Å². The summed E-state index contributed by atoms with van der Waals surface area (Å²) >= 11 is 1.62. The summed E-state index contributed by atoms with van der Waals surface area (Å²) in [5, 5.41) is 15.7. The molecule has 0 bridgehead atoms. The number of aromatic nitrogens is 2.